The predicted octanol–water partition coefficient (Wildman–Crippen LogP) is 3.31. The summed E-state index contributed by atoms with van der Waals surface area (Å²) in [6.45, 7) is 1.32. The molecule has 1 fully saturated rings. The molecular weight excluding hydrogens is 330 g/mol. The molecule has 0 atom stereocenters. The van der Waals surface area contributed by atoms with E-state index in [2.05, 4.69) is 9.97 Å². The number of hydrogen-bond donors (Lipinski definition) is 0. The summed E-state index contributed by atoms with van der Waals surface area (Å²) in [4.78, 5) is 22.9. The predicted molar refractivity (Wildman–Crippen MR) is 97.5 cm³/mol. The van der Waals surface area contributed by atoms with Crippen molar-refractivity contribution >= 4 is 23.0 Å². The van der Waals surface area contributed by atoms with Crippen molar-refractivity contribution < 1.29 is 13.9 Å². The highest BCUT2D eigenvalue weighted by molar-refractivity contribution is 5.91. The monoisotopic (exact) mass is 349 g/mol. The Hall–Kier alpha value is -3.15. The molecule has 3 heterocycles. The molecule has 1 aromatic carbocycles. The van der Waals surface area contributed by atoms with Crippen LogP contribution >= 0.6 is 0 Å². The first-order valence-electron chi connectivity index (χ1n) is 8.67. The maximum absolute atomic E-state index is 12.2. The molecule has 0 radical (unpaired) electrons. The van der Waals surface area contributed by atoms with Crippen LogP contribution in [0.4, 0.5) is 0 Å². The summed E-state index contributed by atoms with van der Waals surface area (Å²) in [7, 11) is 0. The number of amides is 1. The minimum absolute atomic E-state index is 0.00894. The highest BCUT2D eigenvalue weighted by Gasteiger charge is 2.23. The number of piperidine rings is 1. The molecule has 0 N–H and O–H groups in total. The fraction of sp³-hybridized carbons (Fsp3) is 0.250. The number of rotatable bonds is 4. The van der Waals surface area contributed by atoms with E-state index in [9.17, 15) is 4.79 Å². The quantitative estimate of drug-likeness (QED) is 0.676. The fourth-order valence-electron chi connectivity index (χ4n) is 3.01. The van der Waals surface area contributed by atoms with Gasteiger partial charge in [-0.15, -0.1) is 0 Å². The third-order valence-electron chi connectivity index (χ3n) is 4.40. The molecule has 2 aromatic heterocycles. The number of fused-ring (bicyclic) bond motifs is 1. The first-order chi connectivity index (χ1) is 12.8. The van der Waals surface area contributed by atoms with Gasteiger partial charge in [0.1, 0.15) is 11.9 Å². The Bertz CT molecular complexity index is 913. The number of likely N-dealkylation sites (tertiary alicyclic amines) is 1. The van der Waals surface area contributed by atoms with Crippen molar-refractivity contribution in [3.63, 3.8) is 0 Å². The van der Waals surface area contributed by atoms with Gasteiger partial charge in [0.25, 0.3) is 0 Å². The van der Waals surface area contributed by atoms with Gasteiger partial charge in [0.05, 0.1) is 23.5 Å². The molecule has 6 nitrogen and oxygen atoms in total. The van der Waals surface area contributed by atoms with Gasteiger partial charge in [-0.1, -0.05) is 12.1 Å². The van der Waals surface area contributed by atoms with Crippen LogP contribution in [0, 0.1) is 0 Å². The third-order valence-corrected chi connectivity index (χ3v) is 4.40. The van der Waals surface area contributed by atoms with E-state index >= 15 is 0 Å². The van der Waals surface area contributed by atoms with Gasteiger partial charge >= 0.3 is 0 Å². The lowest BCUT2D eigenvalue weighted by molar-refractivity contribution is -0.127. The maximum atomic E-state index is 12.2. The van der Waals surface area contributed by atoms with Gasteiger partial charge in [-0.2, -0.15) is 0 Å². The Labute approximate surface area is 151 Å². The van der Waals surface area contributed by atoms with Crippen LogP contribution in [0.5, 0.6) is 5.88 Å². The molecule has 4 rings (SSSR count). The Morgan fingerprint density at radius 3 is 2.73 bits per heavy atom. The van der Waals surface area contributed by atoms with E-state index in [1.165, 1.54) is 0 Å². The van der Waals surface area contributed by atoms with E-state index in [-0.39, 0.29) is 12.0 Å². The second-order valence-electron chi connectivity index (χ2n) is 6.19. The summed E-state index contributed by atoms with van der Waals surface area (Å²) >= 11 is 0. The number of aromatic nitrogens is 2. The minimum Gasteiger partial charge on any atom is -0.473 e. The van der Waals surface area contributed by atoms with Gasteiger partial charge in [-0.05, 0) is 30.3 Å². The zero-order chi connectivity index (χ0) is 17.8. The average Bonchev–Trinajstić information content (AvgIpc) is 3.20. The fourth-order valence-corrected chi connectivity index (χ4v) is 3.01. The Morgan fingerprint density at radius 2 is 1.96 bits per heavy atom. The standard InChI is InChI=1S/C20H19N3O3/c24-20(8-7-15-4-3-13-25-15)23-11-9-16(10-12-23)26-19-14-21-17-5-1-2-6-18(17)22-19/h1-8,13-14,16H,9-12H2/b8-7+. The first-order valence-corrected chi connectivity index (χ1v) is 8.67. The topological polar surface area (TPSA) is 68.5 Å². The van der Waals surface area contributed by atoms with Gasteiger partial charge in [-0.3, -0.25) is 4.79 Å². The van der Waals surface area contributed by atoms with Crippen molar-refractivity contribution in [3.05, 3.63) is 60.7 Å². The molecule has 1 aliphatic heterocycles. The molecule has 0 bridgehead atoms. The molecule has 0 saturated carbocycles. The van der Waals surface area contributed by atoms with Gasteiger partial charge in [0, 0.05) is 32.0 Å². The van der Waals surface area contributed by atoms with Crippen LogP contribution in [-0.2, 0) is 4.79 Å². The number of carbonyl (C=O) groups is 1. The van der Waals surface area contributed by atoms with E-state index in [4.69, 9.17) is 9.15 Å². The molecule has 3 aromatic rings. The molecule has 132 valence electrons. The van der Waals surface area contributed by atoms with Gasteiger partial charge < -0.3 is 14.1 Å². The van der Waals surface area contributed by atoms with Crippen molar-refractivity contribution in [2.45, 2.75) is 18.9 Å². The second kappa shape index (κ2) is 7.39. The zero-order valence-electron chi connectivity index (χ0n) is 14.2. The Kier molecular flexibility index (Phi) is 4.64. The van der Waals surface area contributed by atoms with Gasteiger partial charge in [0.15, 0.2) is 0 Å². The Morgan fingerprint density at radius 1 is 1.15 bits per heavy atom. The molecule has 6 heteroatoms. The molecule has 0 aliphatic carbocycles. The van der Waals surface area contributed by atoms with Crippen LogP contribution in [0.1, 0.15) is 18.6 Å². The summed E-state index contributed by atoms with van der Waals surface area (Å²) in [6, 6.07) is 11.3. The zero-order valence-corrected chi connectivity index (χ0v) is 14.2. The number of nitrogens with zero attached hydrogens (tertiary/aromatic N) is 3. The second-order valence-corrected chi connectivity index (χ2v) is 6.19. The summed E-state index contributed by atoms with van der Waals surface area (Å²) in [6.07, 6.45) is 8.08. The van der Waals surface area contributed by atoms with Crippen LogP contribution in [0.25, 0.3) is 17.1 Å². The summed E-state index contributed by atoms with van der Waals surface area (Å²) in [5.41, 5.74) is 1.67. The minimum atomic E-state index is -0.00894. The van der Waals surface area contributed by atoms with Crippen LogP contribution in [0.3, 0.4) is 0 Å². The largest absolute Gasteiger partial charge is 0.473 e. The molecule has 0 spiro atoms. The summed E-state index contributed by atoms with van der Waals surface area (Å²) in [5, 5.41) is 0. The SMILES string of the molecule is O=C(/C=C/c1ccco1)N1CCC(Oc2cnc3ccccc3n2)CC1. The maximum Gasteiger partial charge on any atom is 0.246 e. The van der Waals surface area contributed by atoms with E-state index in [1.54, 1.807) is 30.7 Å². The van der Waals surface area contributed by atoms with Crippen molar-refractivity contribution in [2.24, 2.45) is 0 Å². The molecule has 1 aliphatic rings. The smallest absolute Gasteiger partial charge is 0.246 e. The number of ether oxygens (including phenoxy) is 1. The number of hydrogen-bond acceptors (Lipinski definition) is 5. The lowest BCUT2D eigenvalue weighted by atomic mass is 10.1. The summed E-state index contributed by atoms with van der Waals surface area (Å²) in [5.74, 6) is 1.20. The lowest BCUT2D eigenvalue weighted by Crippen LogP contribution is -2.41. The van der Waals surface area contributed by atoms with E-state index < -0.39 is 0 Å². The number of benzene rings is 1. The van der Waals surface area contributed by atoms with Crippen molar-refractivity contribution in [1.29, 1.82) is 0 Å². The number of carbonyl (C=O) groups excluding carboxylic acids is 1. The average molecular weight is 349 g/mol. The van der Waals surface area contributed by atoms with Crippen molar-refractivity contribution in [1.82, 2.24) is 14.9 Å². The molecular formula is C20H19N3O3. The van der Waals surface area contributed by atoms with Gasteiger partial charge in [0.2, 0.25) is 11.8 Å². The molecule has 26 heavy (non-hydrogen) atoms. The van der Waals surface area contributed by atoms with Crippen LogP contribution < -0.4 is 4.74 Å². The highest BCUT2D eigenvalue weighted by atomic mass is 16.5. The van der Waals surface area contributed by atoms with Crippen molar-refractivity contribution in [2.75, 3.05) is 13.1 Å². The molecule has 0 unspecified atom stereocenters. The van der Waals surface area contributed by atoms with Gasteiger partial charge in [-0.25, -0.2) is 9.97 Å². The Balaban J connectivity index is 1.32. The van der Waals surface area contributed by atoms with E-state index in [0.717, 1.165) is 23.9 Å². The molecule has 1 saturated heterocycles. The number of furan rings is 1. The van der Waals surface area contributed by atoms with E-state index in [1.807, 2.05) is 35.2 Å². The van der Waals surface area contributed by atoms with Crippen LogP contribution in [-0.4, -0.2) is 40.0 Å². The lowest BCUT2D eigenvalue weighted by Gasteiger charge is -2.31. The third kappa shape index (κ3) is 3.74. The highest BCUT2D eigenvalue weighted by Crippen LogP contribution is 2.19. The normalized spacial score (nSPS) is 15.6. The number of para-hydroxylation sites is 2. The van der Waals surface area contributed by atoms with Crippen molar-refractivity contribution in [3.8, 4) is 5.88 Å². The first kappa shape index (κ1) is 16.3. The summed E-state index contributed by atoms with van der Waals surface area (Å²) < 4.78 is 11.2. The van der Waals surface area contributed by atoms with E-state index in [0.29, 0.717) is 24.7 Å². The van der Waals surface area contributed by atoms with Crippen LogP contribution in [0.15, 0.2) is 59.4 Å². The van der Waals surface area contributed by atoms with Crippen LogP contribution in [0.2, 0.25) is 0 Å². The molecule has 1 amide bonds.